The molecule has 0 fully saturated rings. The molecule has 14 heavy (non-hydrogen) atoms. The number of halogens is 4. The third kappa shape index (κ3) is 4.09. The lowest BCUT2D eigenvalue weighted by molar-refractivity contribution is -0.263. The van der Waals surface area contributed by atoms with Gasteiger partial charge in [-0.2, -0.15) is 13.2 Å². The molecule has 0 aromatic carbocycles. The third-order valence-electron chi connectivity index (χ3n) is 1.83. The molecule has 0 aliphatic rings. The van der Waals surface area contributed by atoms with Crippen LogP contribution in [0.4, 0.5) is 17.6 Å². The van der Waals surface area contributed by atoms with Crippen molar-refractivity contribution in [3.8, 4) is 0 Å². The van der Waals surface area contributed by atoms with Gasteiger partial charge in [0.05, 0.1) is 12.9 Å². The zero-order valence-corrected chi connectivity index (χ0v) is 8.41. The number of rotatable bonds is 4. The van der Waals surface area contributed by atoms with Gasteiger partial charge in [-0.1, -0.05) is 0 Å². The van der Waals surface area contributed by atoms with Crippen LogP contribution in [0.25, 0.3) is 0 Å². The minimum absolute atomic E-state index is 0.140. The molecule has 1 nitrogen and oxygen atoms in total. The Hall–Kier alpha value is -0.580. The Kier molecular flexibility index (Phi) is 4.58. The molecule has 0 aliphatic carbocycles. The third-order valence-corrected chi connectivity index (χ3v) is 1.83. The lowest BCUT2D eigenvalue weighted by Gasteiger charge is -2.27. The first-order chi connectivity index (χ1) is 6.20. The van der Waals surface area contributed by atoms with Gasteiger partial charge in [-0.25, -0.2) is 4.39 Å². The lowest BCUT2D eigenvalue weighted by atomic mass is 10.1. The predicted octanol–water partition coefficient (Wildman–Crippen LogP) is 3.61. The fourth-order valence-corrected chi connectivity index (χ4v) is 0.604. The monoisotopic (exact) mass is 214 g/mol. The van der Waals surface area contributed by atoms with E-state index in [0.29, 0.717) is 11.9 Å². The molecule has 0 aromatic heterocycles. The fourth-order valence-electron chi connectivity index (χ4n) is 0.604. The van der Waals surface area contributed by atoms with E-state index in [4.69, 9.17) is 0 Å². The van der Waals surface area contributed by atoms with Crippen molar-refractivity contribution in [3.63, 3.8) is 0 Å². The van der Waals surface area contributed by atoms with E-state index in [1.807, 2.05) is 0 Å². The summed E-state index contributed by atoms with van der Waals surface area (Å²) in [6, 6.07) is 0. The summed E-state index contributed by atoms with van der Waals surface area (Å²) in [5.41, 5.74) is -1.81. The quantitative estimate of drug-likeness (QED) is 0.649. The Morgan fingerprint density at radius 3 is 2.14 bits per heavy atom. The van der Waals surface area contributed by atoms with Crippen molar-refractivity contribution in [2.75, 3.05) is 6.61 Å². The van der Waals surface area contributed by atoms with Crippen LogP contribution in [0.3, 0.4) is 0 Å². The highest BCUT2D eigenvalue weighted by Gasteiger charge is 2.48. The van der Waals surface area contributed by atoms with Crippen molar-refractivity contribution in [1.29, 1.82) is 0 Å². The van der Waals surface area contributed by atoms with Gasteiger partial charge in [0.15, 0.2) is 5.60 Å². The standard InChI is InChI=1S/C9H14F4O/c1-7(6-10)4-5-14-8(2,3)9(11,12)13/h6H,4-5H2,1-3H3/b7-6+. The molecule has 0 saturated carbocycles. The second-order valence-electron chi connectivity index (χ2n) is 3.56. The van der Waals surface area contributed by atoms with Crippen LogP contribution in [0, 0.1) is 0 Å². The summed E-state index contributed by atoms with van der Waals surface area (Å²) in [5, 5.41) is 0. The second kappa shape index (κ2) is 4.77. The average molecular weight is 214 g/mol. The molecule has 0 unspecified atom stereocenters. The van der Waals surface area contributed by atoms with E-state index in [1.165, 1.54) is 6.92 Å². The smallest absolute Gasteiger partial charge is 0.366 e. The maximum Gasteiger partial charge on any atom is 0.416 e. The fraction of sp³-hybridized carbons (Fsp3) is 0.778. The van der Waals surface area contributed by atoms with E-state index < -0.39 is 11.8 Å². The van der Waals surface area contributed by atoms with Gasteiger partial charge in [-0.15, -0.1) is 0 Å². The average Bonchev–Trinajstić information content (AvgIpc) is 2.01. The molecular weight excluding hydrogens is 200 g/mol. The zero-order valence-electron chi connectivity index (χ0n) is 8.41. The Balaban J connectivity index is 4.01. The molecule has 0 amide bonds. The number of alkyl halides is 3. The van der Waals surface area contributed by atoms with Crippen LogP contribution in [-0.4, -0.2) is 18.4 Å². The van der Waals surface area contributed by atoms with Crippen molar-refractivity contribution in [1.82, 2.24) is 0 Å². The molecule has 0 bridgehead atoms. The molecule has 0 rings (SSSR count). The van der Waals surface area contributed by atoms with Crippen molar-refractivity contribution in [3.05, 3.63) is 11.9 Å². The van der Waals surface area contributed by atoms with Gasteiger partial charge >= 0.3 is 6.18 Å². The van der Waals surface area contributed by atoms with Crippen molar-refractivity contribution < 1.29 is 22.3 Å². The normalized spacial score (nSPS) is 14.6. The first-order valence-corrected chi connectivity index (χ1v) is 4.17. The van der Waals surface area contributed by atoms with Gasteiger partial charge in [0.25, 0.3) is 0 Å². The van der Waals surface area contributed by atoms with E-state index >= 15 is 0 Å². The van der Waals surface area contributed by atoms with Crippen LogP contribution in [-0.2, 0) is 4.74 Å². The van der Waals surface area contributed by atoms with Crippen LogP contribution in [0.2, 0.25) is 0 Å². The van der Waals surface area contributed by atoms with E-state index in [1.54, 1.807) is 0 Å². The van der Waals surface area contributed by atoms with E-state index in [2.05, 4.69) is 4.74 Å². The molecule has 0 aliphatic heterocycles. The molecular formula is C9H14F4O. The molecule has 0 N–H and O–H groups in total. The van der Waals surface area contributed by atoms with Gasteiger partial charge in [0, 0.05) is 0 Å². The maximum atomic E-state index is 12.2. The number of hydrogen-bond donors (Lipinski definition) is 0. The van der Waals surface area contributed by atoms with Gasteiger partial charge < -0.3 is 4.74 Å². The zero-order chi connectivity index (χ0) is 11.4. The van der Waals surface area contributed by atoms with Crippen LogP contribution in [0.1, 0.15) is 27.2 Å². The summed E-state index contributed by atoms with van der Waals surface area (Å²) >= 11 is 0. The van der Waals surface area contributed by atoms with E-state index in [0.717, 1.165) is 13.8 Å². The van der Waals surface area contributed by atoms with E-state index in [9.17, 15) is 17.6 Å². The Morgan fingerprint density at radius 2 is 1.79 bits per heavy atom. The van der Waals surface area contributed by atoms with Crippen molar-refractivity contribution in [2.24, 2.45) is 0 Å². The Bertz CT molecular complexity index is 205. The lowest BCUT2D eigenvalue weighted by Crippen LogP contribution is -2.42. The molecule has 0 atom stereocenters. The Labute approximate surface area is 80.7 Å². The summed E-state index contributed by atoms with van der Waals surface area (Å²) in [6.07, 6.45) is -3.87. The summed E-state index contributed by atoms with van der Waals surface area (Å²) in [4.78, 5) is 0. The highest BCUT2D eigenvalue weighted by molar-refractivity contribution is 4.92. The first-order valence-electron chi connectivity index (χ1n) is 4.17. The SMILES string of the molecule is C/C(=C\F)CCOC(C)(C)C(F)(F)F. The summed E-state index contributed by atoms with van der Waals surface area (Å²) in [5.74, 6) is 0. The highest BCUT2D eigenvalue weighted by Crippen LogP contribution is 2.32. The molecule has 5 heteroatoms. The second-order valence-corrected chi connectivity index (χ2v) is 3.56. The van der Waals surface area contributed by atoms with Crippen LogP contribution >= 0.6 is 0 Å². The Morgan fingerprint density at radius 1 is 1.29 bits per heavy atom. The minimum atomic E-state index is -4.40. The van der Waals surface area contributed by atoms with Crippen molar-refractivity contribution >= 4 is 0 Å². The van der Waals surface area contributed by atoms with Crippen molar-refractivity contribution in [2.45, 2.75) is 39.0 Å². The molecule has 84 valence electrons. The molecule has 0 aromatic rings. The van der Waals surface area contributed by atoms with Crippen LogP contribution in [0.15, 0.2) is 11.9 Å². The minimum Gasteiger partial charge on any atom is -0.366 e. The molecule has 0 spiro atoms. The predicted molar refractivity (Wildman–Crippen MR) is 45.6 cm³/mol. The number of ether oxygens (including phenoxy) is 1. The topological polar surface area (TPSA) is 9.23 Å². The van der Waals surface area contributed by atoms with Crippen LogP contribution < -0.4 is 0 Å². The highest BCUT2D eigenvalue weighted by atomic mass is 19.4. The molecule has 0 radical (unpaired) electrons. The van der Waals surface area contributed by atoms with Gasteiger partial charge in [-0.3, -0.25) is 0 Å². The van der Waals surface area contributed by atoms with Gasteiger partial charge in [0.2, 0.25) is 0 Å². The van der Waals surface area contributed by atoms with E-state index in [-0.39, 0.29) is 13.0 Å². The molecule has 0 heterocycles. The first kappa shape index (κ1) is 13.4. The summed E-state index contributed by atoms with van der Waals surface area (Å²) < 4.78 is 53.1. The molecule has 0 saturated heterocycles. The van der Waals surface area contributed by atoms with Gasteiger partial charge in [0.1, 0.15) is 0 Å². The maximum absolute atomic E-state index is 12.2. The largest absolute Gasteiger partial charge is 0.416 e. The number of hydrogen-bond acceptors (Lipinski definition) is 1. The summed E-state index contributed by atoms with van der Waals surface area (Å²) in [6.45, 7) is 3.24. The van der Waals surface area contributed by atoms with Gasteiger partial charge in [-0.05, 0) is 32.8 Å². The summed E-state index contributed by atoms with van der Waals surface area (Å²) in [7, 11) is 0. The van der Waals surface area contributed by atoms with Crippen LogP contribution in [0.5, 0.6) is 0 Å².